The van der Waals surface area contributed by atoms with Crippen LogP contribution in [0.25, 0.3) is 0 Å². The van der Waals surface area contributed by atoms with Crippen LogP contribution in [0.15, 0.2) is 18.2 Å². The standard InChI is InChI=1S/C15H17FN2O2/c1-18-12-5-15(19,6-13(18)9-20-8-12)11-2-3-14(16)10(4-11)7-17/h2-4,12-13,19H,5-6,8-9H2,1H3. The summed E-state index contributed by atoms with van der Waals surface area (Å²) in [6.07, 6.45) is 1.08. The summed E-state index contributed by atoms with van der Waals surface area (Å²) in [5, 5.41) is 19.9. The van der Waals surface area contributed by atoms with Crippen LogP contribution in [0.5, 0.6) is 0 Å². The number of morpholine rings is 1. The summed E-state index contributed by atoms with van der Waals surface area (Å²) in [4.78, 5) is 2.24. The molecule has 1 aromatic carbocycles. The Bertz CT molecular complexity index is 555. The number of piperidine rings is 1. The van der Waals surface area contributed by atoms with Gasteiger partial charge in [0.25, 0.3) is 0 Å². The minimum absolute atomic E-state index is 0.0173. The van der Waals surface area contributed by atoms with Gasteiger partial charge in [0, 0.05) is 12.1 Å². The summed E-state index contributed by atoms with van der Waals surface area (Å²) in [5.74, 6) is -0.545. The Morgan fingerprint density at radius 3 is 2.65 bits per heavy atom. The Kier molecular flexibility index (Phi) is 3.25. The van der Waals surface area contributed by atoms with Gasteiger partial charge < -0.3 is 9.84 Å². The molecule has 2 saturated heterocycles. The van der Waals surface area contributed by atoms with E-state index in [-0.39, 0.29) is 17.6 Å². The van der Waals surface area contributed by atoms with Gasteiger partial charge in [-0.15, -0.1) is 0 Å². The zero-order valence-electron chi connectivity index (χ0n) is 11.3. The van der Waals surface area contributed by atoms with E-state index in [9.17, 15) is 9.50 Å². The van der Waals surface area contributed by atoms with Crippen molar-refractivity contribution in [1.82, 2.24) is 4.90 Å². The molecule has 2 atom stereocenters. The fourth-order valence-corrected chi connectivity index (χ4v) is 3.28. The van der Waals surface area contributed by atoms with Crippen molar-refractivity contribution < 1.29 is 14.2 Å². The molecule has 4 nitrogen and oxygen atoms in total. The number of aliphatic hydroxyl groups is 1. The van der Waals surface area contributed by atoms with Gasteiger partial charge in [-0.1, -0.05) is 6.07 Å². The van der Waals surface area contributed by atoms with Crippen molar-refractivity contribution in [3.63, 3.8) is 0 Å². The number of hydrogen-bond acceptors (Lipinski definition) is 4. The molecule has 0 aromatic heterocycles. The fraction of sp³-hybridized carbons (Fsp3) is 0.533. The summed E-state index contributed by atoms with van der Waals surface area (Å²) in [5.41, 5.74) is -0.401. The molecule has 106 valence electrons. The normalized spacial score (nSPS) is 33.7. The largest absolute Gasteiger partial charge is 0.385 e. The van der Waals surface area contributed by atoms with Gasteiger partial charge in [0.2, 0.25) is 0 Å². The molecule has 3 rings (SSSR count). The number of nitrogens with zero attached hydrogens (tertiary/aromatic N) is 2. The van der Waals surface area contributed by atoms with E-state index in [4.69, 9.17) is 10.00 Å². The molecule has 2 unspecified atom stereocenters. The van der Waals surface area contributed by atoms with Gasteiger partial charge >= 0.3 is 0 Å². The first-order valence-electron chi connectivity index (χ1n) is 6.76. The SMILES string of the molecule is CN1C2COCC1CC(O)(c1ccc(F)c(C#N)c1)C2. The van der Waals surface area contributed by atoms with Crippen molar-refractivity contribution in [3.05, 3.63) is 35.1 Å². The van der Waals surface area contributed by atoms with Gasteiger partial charge in [0.05, 0.1) is 24.4 Å². The Morgan fingerprint density at radius 1 is 1.40 bits per heavy atom. The summed E-state index contributed by atoms with van der Waals surface area (Å²) in [7, 11) is 2.04. The summed E-state index contributed by atoms with van der Waals surface area (Å²) < 4.78 is 19.0. The second kappa shape index (κ2) is 4.81. The van der Waals surface area contributed by atoms with Crippen LogP contribution in [0.4, 0.5) is 4.39 Å². The van der Waals surface area contributed by atoms with Gasteiger partial charge in [-0.05, 0) is 37.6 Å². The van der Waals surface area contributed by atoms with Crippen LogP contribution in [0, 0.1) is 17.1 Å². The molecule has 2 heterocycles. The van der Waals surface area contributed by atoms with Crippen molar-refractivity contribution in [2.45, 2.75) is 30.5 Å². The fourth-order valence-electron chi connectivity index (χ4n) is 3.28. The quantitative estimate of drug-likeness (QED) is 0.842. The highest BCUT2D eigenvalue weighted by Crippen LogP contribution is 2.40. The number of ether oxygens (including phenoxy) is 1. The Morgan fingerprint density at radius 2 is 2.05 bits per heavy atom. The number of rotatable bonds is 1. The van der Waals surface area contributed by atoms with Crippen LogP contribution in [-0.2, 0) is 10.3 Å². The predicted octanol–water partition coefficient (Wildman–Crippen LogP) is 1.38. The average Bonchev–Trinajstić information content (AvgIpc) is 2.41. The molecule has 0 saturated carbocycles. The molecule has 2 fully saturated rings. The van der Waals surface area contributed by atoms with Crippen LogP contribution < -0.4 is 0 Å². The molecule has 2 bridgehead atoms. The zero-order valence-corrected chi connectivity index (χ0v) is 11.3. The van der Waals surface area contributed by atoms with Gasteiger partial charge in [-0.3, -0.25) is 4.90 Å². The van der Waals surface area contributed by atoms with Crippen molar-refractivity contribution in [1.29, 1.82) is 5.26 Å². The molecule has 2 aliphatic heterocycles. The van der Waals surface area contributed by atoms with E-state index in [1.807, 2.05) is 13.1 Å². The van der Waals surface area contributed by atoms with E-state index in [1.54, 1.807) is 6.07 Å². The molecule has 1 aromatic rings. The molecule has 0 radical (unpaired) electrons. The zero-order chi connectivity index (χ0) is 14.3. The van der Waals surface area contributed by atoms with E-state index in [0.29, 0.717) is 31.6 Å². The molecular formula is C15H17FN2O2. The lowest BCUT2D eigenvalue weighted by atomic mass is 9.77. The lowest BCUT2D eigenvalue weighted by Gasteiger charge is -2.50. The topological polar surface area (TPSA) is 56.5 Å². The monoisotopic (exact) mass is 276 g/mol. The van der Waals surface area contributed by atoms with Crippen LogP contribution in [0.2, 0.25) is 0 Å². The second-order valence-electron chi connectivity index (χ2n) is 5.76. The third kappa shape index (κ3) is 2.10. The summed E-state index contributed by atoms with van der Waals surface area (Å²) in [6.45, 7) is 1.20. The minimum atomic E-state index is -1.01. The van der Waals surface area contributed by atoms with E-state index < -0.39 is 11.4 Å². The lowest BCUT2D eigenvalue weighted by molar-refractivity contribution is -0.137. The first-order chi connectivity index (χ1) is 9.53. The average molecular weight is 276 g/mol. The number of benzene rings is 1. The van der Waals surface area contributed by atoms with Crippen molar-refractivity contribution in [2.75, 3.05) is 20.3 Å². The van der Waals surface area contributed by atoms with Crippen molar-refractivity contribution in [3.8, 4) is 6.07 Å². The number of fused-ring (bicyclic) bond motifs is 2. The Hall–Kier alpha value is -1.48. The molecular weight excluding hydrogens is 259 g/mol. The van der Waals surface area contributed by atoms with Crippen LogP contribution in [-0.4, -0.2) is 42.4 Å². The molecule has 2 aliphatic rings. The van der Waals surface area contributed by atoms with Crippen LogP contribution >= 0.6 is 0 Å². The van der Waals surface area contributed by atoms with Gasteiger partial charge in [-0.2, -0.15) is 5.26 Å². The summed E-state index contributed by atoms with van der Waals surface area (Å²) in [6, 6.07) is 6.45. The first-order valence-corrected chi connectivity index (χ1v) is 6.76. The molecule has 0 spiro atoms. The van der Waals surface area contributed by atoms with Crippen molar-refractivity contribution in [2.24, 2.45) is 0 Å². The van der Waals surface area contributed by atoms with Gasteiger partial charge in [-0.25, -0.2) is 4.39 Å². The maximum Gasteiger partial charge on any atom is 0.140 e. The Balaban J connectivity index is 1.95. The lowest BCUT2D eigenvalue weighted by Crippen LogP contribution is -2.59. The van der Waals surface area contributed by atoms with Gasteiger partial charge in [0.1, 0.15) is 11.9 Å². The van der Waals surface area contributed by atoms with Crippen molar-refractivity contribution >= 4 is 0 Å². The maximum absolute atomic E-state index is 13.4. The van der Waals surface area contributed by atoms with E-state index in [1.165, 1.54) is 12.1 Å². The maximum atomic E-state index is 13.4. The van der Waals surface area contributed by atoms with E-state index in [2.05, 4.69) is 4.90 Å². The third-order valence-corrected chi connectivity index (χ3v) is 4.54. The molecule has 1 N–H and O–H groups in total. The summed E-state index contributed by atoms with van der Waals surface area (Å²) >= 11 is 0. The highest BCUT2D eigenvalue weighted by atomic mass is 19.1. The molecule has 5 heteroatoms. The Labute approximate surface area is 117 Å². The smallest absolute Gasteiger partial charge is 0.140 e. The van der Waals surface area contributed by atoms with E-state index in [0.717, 1.165) is 0 Å². The van der Waals surface area contributed by atoms with Crippen LogP contribution in [0.3, 0.4) is 0 Å². The highest BCUT2D eigenvalue weighted by molar-refractivity contribution is 5.37. The predicted molar refractivity (Wildman–Crippen MR) is 70.4 cm³/mol. The number of nitriles is 1. The molecule has 0 amide bonds. The van der Waals surface area contributed by atoms with Crippen LogP contribution in [0.1, 0.15) is 24.0 Å². The number of likely N-dealkylation sites (N-methyl/N-ethyl adjacent to an activating group) is 1. The second-order valence-corrected chi connectivity index (χ2v) is 5.76. The highest BCUT2D eigenvalue weighted by Gasteiger charge is 2.45. The number of halogens is 1. The van der Waals surface area contributed by atoms with E-state index >= 15 is 0 Å². The third-order valence-electron chi connectivity index (χ3n) is 4.54. The minimum Gasteiger partial charge on any atom is -0.385 e. The molecule has 20 heavy (non-hydrogen) atoms. The number of hydrogen-bond donors (Lipinski definition) is 1. The van der Waals surface area contributed by atoms with Gasteiger partial charge in [0.15, 0.2) is 0 Å². The molecule has 0 aliphatic carbocycles. The first kappa shape index (κ1) is 13.5.